The van der Waals surface area contributed by atoms with Crippen molar-refractivity contribution in [3.05, 3.63) is 69.9 Å². The monoisotopic (exact) mass is 457 g/mol. The Kier molecular flexibility index (Phi) is 6.78. The molecule has 3 aromatic rings. The number of sulfone groups is 1. The number of carboxylic acids is 1. The van der Waals surface area contributed by atoms with Gasteiger partial charge in [-0.2, -0.15) is 0 Å². The molecule has 2 N–H and O–H groups in total. The highest BCUT2D eigenvalue weighted by Gasteiger charge is 2.23. The van der Waals surface area contributed by atoms with Gasteiger partial charge in [0.1, 0.15) is 27.2 Å². The summed E-state index contributed by atoms with van der Waals surface area (Å²) in [7, 11) is -3.36. The van der Waals surface area contributed by atoms with Crippen LogP contribution < -0.4 is 10.7 Å². The van der Waals surface area contributed by atoms with Crippen LogP contribution in [0.1, 0.15) is 29.3 Å². The van der Waals surface area contributed by atoms with Crippen LogP contribution in [0.5, 0.6) is 0 Å². The molecule has 0 aliphatic heterocycles. The van der Waals surface area contributed by atoms with E-state index in [1.807, 2.05) is 13.0 Å². The van der Waals surface area contributed by atoms with Gasteiger partial charge in [0.05, 0.1) is 11.1 Å². The predicted molar refractivity (Wildman–Crippen MR) is 120 cm³/mol. The zero-order valence-electron chi connectivity index (χ0n) is 17.6. The van der Waals surface area contributed by atoms with E-state index in [-0.39, 0.29) is 28.9 Å². The topological polar surface area (TPSA) is 131 Å². The van der Waals surface area contributed by atoms with Crippen molar-refractivity contribution in [2.75, 3.05) is 11.5 Å². The molecule has 32 heavy (non-hydrogen) atoms. The third kappa shape index (κ3) is 5.42. The molecule has 1 heterocycles. The van der Waals surface area contributed by atoms with Gasteiger partial charge in [0.25, 0.3) is 5.91 Å². The van der Waals surface area contributed by atoms with E-state index in [1.54, 1.807) is 24.3 Å². The molecule has 0 radical (unpaired) electrons. The summed E-state index contributed by atoms with van der Waals surface area (Å²) < 4.78 is 29.1. The lowest BCUT2D eigenvalue weighted by atomic mass is 10.1. The molecular formula is C23H23NO7S. The van der Waals surface area contributed by atoms with Gasteiger partial charge in [-0.05, 0) is 37.6 Å². The van der Waals surface area contributed by atoms with E-state index in [0.29, 0.717) is 22.3 Å². The molecule has 1 atom stereocenters. The lowest BCUT2D eigenvalue weighted by molar-refractivity contribution is -0.139. The molecule has 1 aromatic heterocycles. The number of carbonyl (C=O) groups is 2. The molecule has 168 valence electrons. The van der Waals surface area contributed by atoms with E-state index in [9.17, 15) is 27.9 Å². The van der Waals surface area contributed by atoms with Gasteiger partial charge in [-0.3, -0.25) is 9.59 Å². The first-order chi connectivity index (χ1) is 15.1. The van der Waals surface area contributed by atoms with Crippen molar-refractivity contribution in [2.45, 2.75) is 26.3 Å². The number of hydrogen-bond donors (Lipinski definition) is 2. The molecule has 1 amide bonds. The maximum Gasteiger partial charge on any atom is 0.326 e. The van der Waals surface area contributed by atoms with Crippen LogP contribution in [-0.2, 0) is 14.6 Å². The summed E-state index contributed by atoms with van der Waals surface area (Å²) in [5.41, 5.74) is 1.98. The second-order valence-electron chi connectivity index (χ2n) is 7.44. The quantitative estimate of drug-likeness (QED) is 0.532. The van der Waals surface area contributed by atoms with Crippen molar-refractivity contribution in [1.29, 1.82) is 0 Å². The van der Waals surface area contributed by atoms with Crippen molar-refractivity contribution < 1.29 is 27.5 Å². The lowest BCUT2D eigenvalue weighted by Gasteiger charge is -2.14. The largest absolute Gasteiger partial charge is 0.480 e. The van der Waals surface area contributed by atoms with E-state index in [0.717, 1.165) is 5.56 Å². The minimum atomic E-state index is -3.36. The zero-order valence-corrected chi connectivity index (χ0v) is 18.4. The number of nitrogens with one attached hydrogen (secondary N) is 1. The summed E-state index contributed by atoms with van der Waals surface area (Å²) in [6.45, 7) is 3.36. The van der Waals surface area contributed by atoms with Crippen molar-refractivity contribution in [3.63, 3.8) is 0 Å². The number of aryl methyl sites for hydroxylation is 1. The van der Waals surface area contributed by atoms with Crippen molar-refractivity contribution in [1.82, 2.24) is 5.32 Å². The van der Waals surface area contributed by atoms with E-state index in [4.69, 9.17) is 4.42 Å². The Morgan fingerprint density at radius 2 is 1.78 bits per heavy atom. The summed E-state index contributed by atoms with van der Waals surface area (Å²) >= 11 is 0. The highest BCUT2D eigenvalue weighted by molar-refractivity contribution is 7.91. The Labute approximate surface area is 184 Å². The fourth-order valence-corrected chi connectivity index (χ4v) is 4.02. The van der Waals surface area contributed by atoms with Crippen molar-refractivity contribution in [2.24, 2.45) is 0 Å². The number of carboxylic acid groups (broad SMARTS) is 1. The van der Waals surface area contributed by atoms with Gasteiger partial charge in [-0.15, -0.1) is 0 Å². The molecule has 0 fully saturated rings. The van der Waals surface area contributed by atoms with Gasteiger partial charge >= 0.3 is 5.97 Å². The second kappa shape index (κ2) is 9.35. The van der Waals surface area contributed by atoms with E-state index in [2.05, 4.69) is 5.32 Å². The van der Waals surface area contributed by atoms with E-state index >= 15 is 0 Å². The number of rotatable bonds is 8. The third-order valence-corrected chi connectivity index (χ3v) is 6.81. The summed E-state index contributed by atoms with van der Waals surface area (Å²) in [6.07, 6.45) is -0.225. The molecule has 0 saturated carbocycles. The SMILES string of the molecule is CCS(=O)(=O)CCC(NC(=O)c1ccc(-c2cc(=O)c3cc(C)ccc3o2)cc1)C(=O)O. The first-order valence-corrected chi connectivity index (χ1v) is 11.8. The number of hydrogen-bond acceptors (Lipinski definition) is 6. The highest BCUT2D eigenvalue weighted by Crippen LogP contribution is 2.23. The first-order valence-electron chi connectivity index (χ1n) is 9.98. The minimum Gasteiger partial charge on any atom is -0.480 e. The molecule has 1 unspecified atom stereocenters. The fraction of sp³-hybridized carbons (Fsp3) is 0.261. The molecule has 2 aromatic carbocycles. The predicted octanol–water partition coefficient (Wildman–Crippen LogP) is 2.78. The van der Waals surface area contributed by atoms with Crippen LogP contribution in [0.4, 0.5) is 0 Å². The van der Waals surface area contributed by atoms with Gasteiger partial charge in [0.15, 0.2) is 5.43 Å². The van der Waals surface area contributed by atoms with Crippen molar-refractivity contribution in [3.8, 4) is 11.3 Å². The van der Waals surface area contributed by atoms with Crippen LogP contribution >= 0.6 is 0 Å². The van der Waals surface area contributed by atoms with Gasteiger partial charge < -0.3 is 14.8 Å². The summed E-state index contributed by atoms with van der Waals surface area (Å²) in [5.74, 6) is -2.05. The number of carbonyl (C=O) groups excluding carboxylic acids is 1. The second-order valence-corrected chi connectivity index (χ2v) is 9.91. The van der Waals surface area contributed by atoms with Gasteiger partial charge in [0.2, 0.25) is 0 Å². The molecule has 0 saturated heterocycles. The van der Waals surface area contributed by atoms with Crippen LogP contribution in [0.25, 0.3) is 22.3 Å². The maximum atomic E-state index is 12.5. The average Bonchev–Trinajstić information content (AvgIpc) is 2.76. The average molecular weight is 458 g/mol. The number of fused-ring (bicyclic) bond motifs is 1. The summed E-state index contributed by atoms with van der Waals surface area (Å²) in [5, 5.41) is 12.1. The Hall–Kier alpha value is -3.46. The van der Waals surface area contributed by atoms with Crippen LogP contribution in [-0.4, -0.2) is 42.9 Å². The fourth-order valence-electron chi connectivity index (χ4n) is 3.14. The van der Waals surface area contributed by atoms with E-state index in [1.165, 1.54) is 25.1 Å². The van der Waals surface area contributed by atoms with Gasteiger partial charge in [0, 0.05) is 22.9 Å². The molecule has 0 bridgehead atoms. The number of amides is 1. The normalized spacial score (nSPS) is 12.4. The minimum absolute atomic E-state index is 0.0980. The Morgan fingerprint density at radius 3 is 2.41 bits per heavy atom. The smallest absolute Gasteiger partial charge is 0.326 e. The number of aliphatic carboxylic acids is 1. The molecule has 0 aliphatic carbocycles. The first kappa shape index (κ1) is 23.2. The summed E-state index contributed by atoms with van der Waals surface area (Å²) in [6, 6.07) is 11.5. The van der Waals surface area contributed by atoms with Crippen LogP contribution in [0.15, 0.2) is 57.7 Å². The van der Waals surface area contributed by atoms with Crippen LogP contribution in [0, 0.1) is 6.92 Å². The molecule has 8 nitrogen and oxygen atoms in total. The molecule has 0 spiro atoms. The van der Waals surface area contributed by atoms with E-state index < -0.39 is 27.8 Å². The van der Waals surface area contributed by atoms with Crippen LogP contribution in [0.2, 0.25) is 0 Å². The van der Waals surface area contributed by atoms with Gasteiger partial charge in [-0.1, -0.05) is 30.7 Å². The standard InChI is InChI=1S/C23H23NO7S/c1-3-32(29,30)11-10-18(23(27)28)24-22(26)16-7-5-15(6-8-16)21-13-19(25)17-12-14(2)4-9-20(17)31-21/h4-9,12-13,18H,3,10-11H2,1-2H3,(H,24,26)(H,27,28). The lowest BCUT2D eigenvalue weighted by Crippen LogP contribution is -2.42. The van der Waals surface area contributed by atoms with Crippen molar-refractivity contribution >= 4 is 32.7 Å². The number of benzene rings is 2. The van der Waals surface area contributed by atoms with Crippen LogP contribution in [0.3, 0.4) is 0 Å². The van der Waals surface area contributed by atoms with Gasteiger partial charge in [-0.25, -0.2) is 13.2 Å². The molecule has 0 aliphatic rings. The molecular weight excluding hydrogens is 434 g/mol. The zero-order chi connectivity index (χ0) is 23.5. The Bertz CT molecular complexity index is 1320. The Balaban J connectivity index is 1.78. The molecule has 3 rings (SSSR count). The Morgan fingerprint density at radius 1 is 1.09 bits per heavy atom. The maximum absolute atomic E-state index is 12.5. The highest BCUT2D eigenvalue weighted by atomic mass is 32.2. The molecule has 9 heteroatoms. The third-order valence-electron chi connectivity index (χ3n) is 5.08. The summed E-state index contributed by atoms with van der Waals surface area (Å²) in [4.78, 5) is 36.3.